The number of hydrazone groups is 1. The van der Waals surface area contributed by atoms with Crippen LogP contribution in [0.3, 0.4) is 0 Å². The fraction of sp³-hybridized carbons (Fsp3) is 0.0833. The van der Waals surface area contributed by atoms with Gasteiger partial charge in [0, 0.05) is 10.7 Å². The maximum atomic E-state index is 12.1. The van der Waals surface area contributed by atoms with E-state index in [4.69, 9.17) is 39.5 Å². The Hall–Kier alpha value is -3.59. The van der Waals surface area contributed by atoms with Gasteiger partial charge in [-0.2, -0.15) is 5.10 Å². The number of nitrogens with one attached hydrogen (secondary N) is 3. The number of nitrogens with zero attached hydrogens (tertiary/aromatic N) is 1. The van der Waals surface area contributed by atoms with Gasteiger partial charge in [0.15, 0.2) is 6.61 Å². The van der Waals surface area contributed by atoms with Crippen molar-refractivity contribution in [2.45, 2.75) is 6.92 Å². The number of anilines is 2. The average Bonchev–Trinajstić information content (AvgIpc) is 2.83. The maximum absolute atomic E-state index is 12.1. The molecule has 11 heteroatoms. The second-order valence-corrected chi connectivity index (χ2v) is 8.32. The molecule has 0 unspecified atom stereocenters. The van der Waals surface area contributed by atoms with Gasteiger partial charge in [-0.3, -0.25) is 14.4 Å². The van der Waals surface area contributed by atoms with Gasteiger partial charge >= 0.3 is 11.8 Å². The van der Waals surface area contributed by atoms with E-state index in [1.807, 2.05) is 6.92 Å². The van der Waals surface area contributed by atoms with Crippen molar-refractivity contribution in [3.05, 3.63) is 86.9 Å². The van der Waals surface area contributed by atoms with E-state index in [1.54, 1.807) is 54.6 Å². The molecule has 0 aliphatic rings. The van der Waals surface area contributed by atoms with Crippen molar-refractivity contribution in [3.8, 4) is 5.75 Å². The van der Waals surface area contributed by atoms with E-state index in [0.717, 1.165) is 5.56 Å². The average molecular weight is 534 g/mol. The summed E-state index contributed by atoms with van der Waals surface area (Å²) in [5.41, 5.74) is 4.34. The van der Waals surface area contributed by atoms with Crippen molar-refractivity contribution in [2.75, 3.05) is 17.2 Å². The van der Waals surface area contributed by atoms with Crippen LogP contribution in [0.15, 0.2) is 65.8 Å². The van der Waals surface area contributed by atoms with Gasteiger partial charge in [-0.15, -0.1) is 0 Å². The topological polar surface area (TPSA) is 109 Å². The molecule has 0 spiro atoms. The predicted molar refractivity (Wildman–Crippen MR) is 138 cm³/mol. The number of rotatable bonds is 7. The highest BCUT2D eigenvalue weighted by Gasteiger charge is 2.15. The summed E-state index contributed by atoms with van der Waals surface area (Å²) in [5.74, 6) is -1.92. The Morgan fingerprint density at radius 2 is 1.69 bits per heavy atom. The summed E-state index contributed by atoms with van der Waals surface area (Å²) in [5, 5.41) is 9.72. The number of hydrogen-bond donors (Lipinski definition) is 3. The van der Waals surface area contributed by atoms with Crippen LogP contribution >= 0.6 is 34.8 Å². The molecule has 3 amide bonds. The third-order valence-corrected chi connectivity index (χ3v) is 5.70. The monoisotopic (exact) mass is 532 g/mol. The van der Waals surface area contributed by atoms with Crippen LogP contribution in [-0.2, 0) is 14.4 Å². The van der Waals surface area contributed by atoms with Gasteiger partial charge in [-0.25, -0.2) is 5.43 Å². The Balaban J connectivity index is 1.50. The molecule has 8 nitrogen and oxygen atoms in total. The first kappa shape index (κ1) is 26.0. The molecule has 0 saturated carbocycles. The largest absolute Gasteiger partial charge is 0.484 e. The Kier molecular flexibility index (Phi) is 9.08. The van der Waals surface area contributed by atoms with E-state index in [2.05, 4.69) is 21.2 Å². The SMILES string of the molecule is Cc1ccc(NC(=O)COc2cccc(/C=N\NC(=O)C(=O)Nc3cccc(Cl)c3Cl)c2)cc1Cl. The fourth-order valence-corrected chi connectivity index (χ4v) is 3.23. The summed E-state index contributed by atoms with van der Waals surface area (Å²) in [6, 6.07) is 16.5. The maximum Gasteiger partial charge on any atom is 0.329 e. The molecule has 0 bridgehead atoms. The Bertz CT molecular complexity index is 1300. The number of benzene rings is 3. The number of carbonyl (C=O) groups excluding carboxylic acids is 3. The van der Waals surface area contributed by atoms with Crippen molar-refractivity contribution in [3.63, 3.8) is 0 Å². The van der Waals surface area contributed by atoms with E-state index in [1.165, 1.54) is 12.3 Å². The Morgan fingerprint density at radius 3 is 2.46 bits per heavy atom. The highest BCUT2D eigenvalue weighted by Crippen LogP contribution is 2.29. The molecular weight excluding hydrogens is 515 g/mol. The summed E-state index contributed by atoms with van der Waals surface area (Å²) in [6.07, 6.45) is 1.32. The van der Waals surface area contributed by atoms with Crippen LogP contribution in [0.25, 0.3) is 0 Å². The molecule has 0 aliphatic carbocycles. The van der Waals surface area contributed by atoms with Gasteiger partial charge in [0.1, 0.15) is 5.75 Å². The zero-order valence-electron chi connectivity index (χ0n) is 18.3. The zero-order chi connectivity index (χ0) is 25.4. The second-order valence-electron chi connectivity index (χ2n) is 7.13. The lowest BCUT2D eigenvalue weighted by molar-refractivity contribution is -0.136. The predicted octanol–water partition coefficient (Wildman–Crippen LogP) is 5.06. The van der Waals surface area contributed by atoms with Crippen molar-refractivity contribution >= 4 is 70.1 Å². The zero-order valence-corrected chi connectivity index (χ0v) is 20.5. The number of hydrogen-bond acceptors (Lipinski definition) is 5. The summed E-state index contributed by atoms with van der Waals surface area (Å²) in [7, 11) is 0. The number of amides is 3. The van der Waals surface area contributed by atoms with Crippen molar-refractivity contribution in [1.29, 1.82) is 0 Å². The van der Waals surface area contributed by atoms with Gasteiger partial charge in [0.2, 0.25) is 0 Å². The van der Waals surface area contributed by atoms with Gasteiger partial charge in [-0.1, -0.05) is 59.1 Å². The van der Waals surface area contributed by atoms with Crippen molar-refractivity contribution in [1.82, 2.24) is 5.43 Å². The van der Waals surface area contributed by atoms with Gasteiger partial charge < -0.3 is 15.4 Å². The molecule has 3 N–H and O–H groups in total. The summed E-state index contributed by atoms with van der Waals surface area (Å²) in [6.45, 7) is 1.64. The first-order valence-electron chi connectivity index (χ1n) is 10.1. The summed E-state index contributed by atoms with van der Waals surface area (Å²) < 4.78 is 5.51. The molecule has 0 atom stereocenters. The van der Waals surface area contributed by atoms with Crippen LogP contribution in [0.1, 0.15) is 11.1 Å². The number of aryl methyl sites for hydroxylation is 1. The Morgan fingerprint density at radius 1 is 0.914 bits per heavy atom. The van der Waals surface area contributed by atoms with Crippen molar-refractivity contribution < 1.29 is 19.1 Å². The normalized spacial score (nSPS) is 10.6. The van der Waals surface area contributed by atoms with E-state index in [0.29, 0.717) is 22.0 Å². The van der Waals surface area contributed by atoms with E-state index in [9.17, 15) is 14.4 Å². The number of halogens is 3. The quantitative estimate of drug-likeness (QED) is 0.224. The number of carbonyl (C=O) groups is 3. The number of ether oxygens (including phenoxy) is 1. The second kappa shape index (κ2) is 12.2. The van der Waals surface area contributed by atoms with E-state index >= 15 is 0 Å². The minimum absolute atomic E-state index is 0.118. The van der Waals surface area contributed by atoms with Gasteiger partial charge in [0.05, 0.1) is 21.9 Å². The summed E-state index contributed by atoms with van der Waals surface area (Å²) >= 11 is 17.9. The van der Waals surface area contributed by atoms with Crippen LogP contribution in [0.5, 0.6) is 5.75 Å². The molecular formula is C24H19Cl3N4O4. The molecule has 0 fully saturated rings. The smallest absolute Gasteiger partial charge is 0.329 e. The molecule has 0 radical (unpaired) electrons. The van der Waals surface area contributed by atoms with Crippen LogP contribution in [0.4, 0.5) is 11.4 Å². The molecule has 3 rings (SSSR count). The van der Waals surface area contributed by atoms with Gasteiger partial charge in [0.25, 0.3) is 5.91 Å². The molecule has 0 saturated heterocycles. The molecule has 180 valence electrons. The molecule has 3 aromatic rings. The van der Waals surface area contributed by atoms with E-state index < -0.39 is 11.8 Å². The minimum atomic E-state index is -1.00. The van der Waals surface area contributed by atoms with E-state index in [-0.39, 0.29) is 28.2 Å². The third-order valence-electron chi connectivity index (χ3n) is 4.47. The first-order valence-corrected chi connectivity index (χ1v) is 11.2. The molecule has 3 aromatic carbocycles. The summed E-state index contributed by atoms with van der Waals surface area (Å²) in [4.78, 5) is 36.1. The highest BCUT2D eigenvalue weighted by molar-refractivity contribution is 6.45. The van der Waals surface area contributed by atoms with Crippen LogP contribution in [-0.4, -0.2) is 30.5 Å². The minimum Gasteiger partial charge on any atom is -0.484 e. The fourth-order valence-electron chi connectivity index (χ4n) is 2.70. The molecule has 0 heterocycles. The van der Waals surface area contributed by atoms with Crippen LogP contribution in [0.2, 0.25) is 15.1 Å². The highest BCUT2D eigenvalue weighted by atomic mass is 35.5. The Labute approximate surface area is 216 Å². The van der Waals surface area contributed by atoms with Gasteiger partial charge in [-0.05, 0) is 54.4 Å². The van der Waals surface area contributed by atoms with Crippen LogP contribution < -0.4 is 20.8 Å². The molecule has 0 aromatic heterocycles. The lowest BCUT2D eigenvalue weighted by atomic mass is 10.2. The van der Waals surface area contributed by atoms with Crippen LogP contribution in [0, 0.1) is 6.92 Å². The van der Waals surface area contributed by atoms with Crippen molar-refractivity contribution in [2.24, 2.45) is 5.10 Å². The third kappa shape index (κ3) is 7.71. The molecule has 0 aliphatic heterocycles. The lowest BCUT2D eigenvalue weighted by Gasteiger charge is -2.09. The molecule has 35 heavy (non-hydrogen) atoms. The first-order chi connectivity index (χ1) is 16.7. The lowest BCUT2D eigenvalue weighted by Crippen LogP contribution is -2.32. The standard InChI is InChI=1S/C24H19Cl3N4O4/c1-14-8-9-16(11-19(14)26)29-21(32)13-35-17-5-2-4-15(10-17)12-28-31-24(34)23(33)30-20-7-3-6-18(25)22(20)27/h2-12H,13H2,1H3,(H,29,32)(H,30,33)(H,31,34)/b28-12-.